The minimum absolute atomic E-state index is 0.0303. The molecule has 0 fully saturated rings. The standard InChI is InChI=1S/C32H36N4O5/c1-21(2)23-11-9-22(10-12-23)13-26-14-30(35-34-26)33-28-15-27(40-19-38-3)16-29(41-20-39-4)31(28)32(37)36-17-24-7-5-6-8-25(24)18-36/h5-12,14-16,21H,13,17-20H2,1-4H3,(H2,33,34,35). The largest absolute Gasteiger partial charge is 0.467 e. The molecule has 0 atom stereocenters. The summed E-state index contributed by atoms with van der Waals surface area (Å²) in [5.41, 5.74) is 6.50. The molecule has 0 bridgehead atoms. The minimum atomic E-state index is -0.168. The van der Waals surface area contributed by atoms with Crippen LogP contribution in [0.4, 0.5) is 11.5 Å². The van der Waals surface area contributed by atoms with Crippen LogP contribution in [0.3, 0.4) is 0 Å². The molecule has 0 radical (unpaired) electrons. The lowest BCUT2D eigenvalue weighted by Crippen LogP contribution is -2.27. The summed E-state index contributed by atoms with van der Waals surface area (Å²) in [7, 11) is 3.08. The molecular weight excluding hydrogens is 520 g/mol. The first-order valence-corrected chi connectivity index (χ1v) is 13.6. The molecule has 3 aromatic carbocycles. The summed E-state index contributed by atoms with van der Waals surface area (Å²) in [5, 5.41) is 10.9. The minimum Gasteiger partial charge on any atom is -0.467 e. The molecule has 1 aliphatic rings. The maximum atomic E-state index is 14.0. The Labute approximate surface area is 240 Å². The molecule has 1 amide bonds. The van der Waals surface area contributed by atoms with Gasteiger partial charge in [0.1, 0.15) is 22.9 Å². The van der Waals surface area contributed by atoms with E-state index < -0.39 is 0 Å². The predicted molar refractivity (Wildman–Crippen MR) is 157 cm³/mol. The number of anilines is 2. The van der Waals surface area contributed by atoms with Gasteiger partial charge in [0.05, 0.1) is 11.4 Å². The summed E-state index contributed by atoms with van der Waals surface area (Å²) in [5.74, 6) is 1.77. The average Bonchev–Trinajstić information content (AvgIpc) is 3.61. The van der Waals surface area contributed by atoms with E-state index >= 15 is 0 Å². The summed E-state index contributed by atoms with van der Waals surface area (Å²) in [4.78, 5) is 15.8. The number of carbonyl (C=O) groups excluding carboxylic acids is 1. The molecule has 0 saturated heterocycles. The number of nitrogens with zero attached hydrogens (tertiary/aromatic N) is 2. The number of methoxy groups -OCH3 is 2. The first-order chi connectivity index (χ1) is 19.9. The number of rotatable bonds is 12. The molecule has 4 aromatic rings. The number of amides is 1. The summed E-state index contributed by atoms with van der Waals surface area (Å²) in [6.07, 6.45) is 0.674. The SMILES string of the molecule is COCOc1cc(Nc2cc(Cc3ccc(C(C)C)cc3)n[nH]2)c(C(=O)N2Cc3ccccc3C2)c(OCOC)c1. The van der Waals surface area contributed by atoms with Gasteiger partial charge in [-0.05, 0) is 28.2 Å². The van der Waals surface area contributed by atoms with Gasteiger partial charge < -0.3 is 29.2 Å². The average molecular weight is 557 g/mol. The van der Waals surface area contributed by atoms with Gasteiger partial charge in [-0.15, -0.1) is 0 Å². The fraction of sp³-hybridized carbons (Fsp3) is 0.312. The number of fused-ring (bicyclic) bond motifs is 1. The molecule has 2 N–H and O–H groups in total. The molecule has 5 rings (SSSR count). The highest BCUT2D eigenvalue weighted by molar-refractivity contribution is 6.03. The molecule has 41 heavy (non-hydrogen) atoms. The van der Waals surface area contributed by atoms with Gasteiger partial charge in [-0.3, -0.25) is 9.89 Å². The lowest BCUT2D eigenvalue weighted by atomic mass is 10.0. The van der Waals surface area contributed by atoms with Crippen molar-refractivity contribution in [1.29, 1.82) is 0 Å². The van der Waals surface area contributed by atoms with E-state index in [1.807, 2.05) is 30.3 Å². The van der Waals surface area contributed by atoms with E-state index in [9.17, 15) is 4.79 Å². The molecule has 214 valence electrons. The molecule has 0 saturated carbocycles. The number of hydrogen-bond donors (Lipinski definition) is 2. The quantitative estimate of drug-likeness (QED) is 0.207. The van der Waals surface area contributed by atoms with Gasteiger partial charge in [0.25, 0.3) is 5.91 Å². The van der Waals surface area contributed by atoms with Crippen LogP contribution in [0.15, 0.2) is 66.7 Å². The van der Waals surface area contributed by atoms with Crippen molar-refractivity contribution in [2.45, 2.75) is 39.3 Å². The Bertz CT molecular complexity index is 1460. The second-order valence-electron chi connectivity index (χ2n) is 10.3. The van der Waals surface area contributed by atoms with Gasteiger partial charge >= 0.3 is 0 Å². The number of hydrogen-bond acceptors (Lipinski definition) is 7. The highest BCUT2D eigenvalue weighted by Crippen LogP contribution is 2.37. The summed E-state index contributed by atoms with van der Waals surface area (Å²) >= 11 is 0. The molecule has 2 heterocycles. The second-order valence-corrected chi connectivity index (χ2v) is 10.3. The van der Waals surface area contributed by atoms with E-state index in [4.69, 9.17) is 18.9 Å². The second kappa shape index (κ2) is 12.9. The van der Waals surface area contributed by atoms with E-state index in [2.05, 4.69) is 53.6 Å². The third-order valence-electron chi connectivity index (χ3n) is 7.03. The lowest BCUT2D eigenvalue weighted by molar-refractivity contribution is 0.0450. The van der Waals surface area contributed by atoms with Crippen LogP contribution in [0.1, 0.15) is 58.1 Å². The van der Waals surface area contributed by atoms with Crippen LogP contribution in [0.2, 0.25) is 0 Å². The number of carbonyl (C=O) groups is 1. The number of benzene rings is 3. The maximum absolute atomic E-state index is 14.0. The molecule has 0 aliphatic carbocycles. The summed E-state index contributed by atoms with van der Waals surface area (Å²) < 4.78 is 21.9. The van der Waals surface area contributed by atoms with Crippen molar-refractivity contribution in [3.05, 3.63) is 100 Å². The molecule has 0 spiro atoms. The van der Waals surface area contributed by atoms with Crippen molar-refractivity contribution in [2.75, 3.05) is 33.1 Å². The molecule has 1 aromatic heterocycles. The monoisotopic (exact) mass is 556 g/mol. The number of aromatic amines is 1. The smallest absolute Gasteiger partial charge is 0.260 e. The number of H-pyrrole nitrogens is 1. The molecule has 0 unspecified atom stereocenters. The van der Waals surface area contributed by atoms with Crippen LogP contribution >= 0.6 is 0 Å². The third-order valence-corrected chi connectivity index (χ3v) is 7.03. The maximum Gasteiger partial charge on any atom is 0.260 e. The zero-order valence-electron chi connectivity index (χ0n) is 23.9. The van der Waals surface area contributed by atoms with E-state index in [0.717, 1.165) is 16.8 Å². The Morgan fingerprint density at radius 3 is 2.29 bits per heavy atom. The summed E-state index contributed by atoms with van der Waals surface area (Å²) in [6.45, 7) is 5.42. The molecule has 9 nitrogen and oxygen atoms in total. The lowest BCUT2D eigenvalue weighted by Gasteiger charge is -2.22. The van der Waals surface area contributed by atoms with Gasteiger partial charge in [0.2, 0.25) is 0 Å². The Morgan fingerprint density at radius 1 is 0.951 bits per heavy atom. The van der Waals surface area contributed by atoms with Crippen LogP contribution in [-0.4, -0.2) is 48.8 Å². The van der Waals surface area contributed by atoms with Crippen molar-refractivity contribution >= 4 is 17.4 Å². The van der Waals surface area contributed by atoms with Crippen LogP contribution in [0.5, 0.6) is 11.5 Å². The van der Waals surface area contributed by atoms with Crippen molar-refractivity contribution in [2.24, 2.45) is 0 Å². The van der Waals surface area contributed by atoms with Crippen LogP contribution < -0.4 is 14.8 Å². The van der Waals surface area contributed by atoms with Gasteiger partial charge in [-0.25, -0.2) is 0 Å². The van der Waals surface area contributed by atoms with Gasteiger partial charge in [-0.2, -0.15) is 5.10 Å². The van der Waals surface area contributed by atoms with E-state index in [0.29, 0.717) is 54.0 Å². The molecule has 1 aliphatic heterocycles. The number of ether oxygens (including phenoxy) is 4. The van der Waals surface area contributed by atoms with Crippen molar-refractivity contribution in [1.82, 2.24) is 15.1 Å². The van der Waals surface area contributed by atoms with Crippen LogP contribution in [0.25, 0.3) is 0 Å². The molecular formula is C32H36N4O5. The first kappa shape index (κ1) is 28.2. The normalized spacial score (nSPS) is 12.5. The summed E-state index contributed by atoms with van der Waals surface area (Å²) in [6, 6.07) is 22.1. The van der Waals surface area contributed by atoms with Gasteiger partial charge in [0.15, 0.2) is 13.6 Å². The highest BCUT2D eigenvalue weighted by atomic mass is 16.7. The van der Waals surface area contributed by atoms with Crippen LogP contribution in [-0.2, 0) is 29.0 Å². The number of nitrogens with one attached hydrogen (secondary N) is 2. The first-order valence-electron chi connectivity index (χ1n) is 13.6. The van der Waals surface area contributed by atoms with Crippen molar-refractivity contribution in [3.63, 3.8) is 0 Å². The van der Waals surface area contributed by atoms with E-state index in [1.165, 1.54) is 18.2 Å². The van der Waals surface area contributed by atoms with E-state index in [-0.39, 0.29) is 19.5 Å². The van der Waals surface area contributed by atoms with Gasteiger partial charge in [0, 0.05) is 51.9 Å². The van der Waals surface area contributed by atoms with Crippen LogP contribution in [0, 0.1) is 0 Å². The zero-order valence-corrected chi connectivity index (χ0v) is 23.9. The fourth-order valence-electron chi connectivity index (χ4n) is 4.88. The molecule has 9 heteroatoms. The predicted octanol–water partition coefficient (Wildman–Crippen LogP) is 5.99. The number of aromatic nitrogens is 2. The fourth-order valence-corrected chi connectivity index (χ4v) is 4.88. The van der Waals surface area contributed by atoms with E-state index in [1.54, 1.807) is 24.1 Å². The zero-order chi connectivity index (χ0) is 28.8. The Hall–Kier alpha value is -4.34. The highest BCUT2D eigenvalue weighted by Gasteiger charge is 2.29. The third kappa shape index (κ3) is 6.70. The van der Waals surface area contributed by atoms with Gasteiger partial charge in [-0.1, -0.05) is 62.4 Å². The van der Waals surface area contributed by atoms with Crippen molar-refractivity contribution in [3.8, 4) is 11.5 Å². The Morgan fingerprint density at radius 2 is 1.63 bits per heavy atom. The topological polar surface area (TPSA) is 97.9 Å². The Kier molecular flexibility index (Phi) is 8.86. The Balaban J connectivity index is 1.44. The van der Waals surface area contributed by atoms with Crippen molar-refractivity contribution < 1.29 is 23.7 Å².